The van der Waals surface area contributed by atoms with E-state index in [1.807, 2.05) is 0 Å². The Morgan fingerprint density at radius 2 is 1.84 bits per heavy atom. The van der Waals surface area contributed by atoms with Crippen molar-refractivity contribution in [2.75, 3.05) is 7.11 Å². The molecular formula is C16H21FO2. The maximum absolute atomic E-state index is 13.2. The summed E-state index contributed by atoms with van der Waals surface area (Å²) in [6, 6.07) is 4.34. The van der Waals surface area contributed by atoms with E-state index in [0.29, 0.717) is 11.1 Å². The molecule has 0 spiro atoms. The largest absolute Gasteiger partial charge is 0.370 e. The van der Waals surface area contributed by atoms with Crippen LogP contribution in [0.5, 0.6) is 0 Å². The van der Waals surface area contributed by atoms with Gasteiger partial charge in [-0.05, 0) is 43.5 Å². The predicted molar refractivity (Wildman–Crippen MR) is 72.9 cm³/mol. The van der Waals surface area contributed by atoms with Crippen LogP contribution in [0.1, 0.15) is 54.4 Å². The molecule has 1 aromatic rings. The molecule has 1 aliphatic carbocycles. The molecule has 0 amide bonds. The summed E-state index contributed by atoms with van der Waals surface area (Å²) in [5.41, 5.74) is 0.565. The van der Waals surface area contributed by atoms with E-state index < -0.39 is 5.60 Å². The van der Waals surface area contributed by atoms with E-state index in [0.717, 1.165) is 38.5 Å². The van der Waals surface area contributed by atoms with E-state index in [1.54, 1.807) is 20.1 Å². The summed E-state index contributed by atoms with van der Waals surface area (Å²) < 4.78 is 18.8. The van der Waals surface area contributed by atoms with E-state index in [9.17, 15) is 9.18 Å². The number of methoxy groups -OCH3 is 1. The van der Waals surface area contributed by atoms with Crippen LogP contribution in [-0.2, 0) is 4.74 Å². The summed E-state index contributed by atoms with van der Waals surface area (Å²) in [6.45, 7) is 1.77. The van der Waals surface area contributed by atoms with E-state index >= 15 is 0 Å². The second-order valence-electron chi connectivity index (χ2n) is 5.40. The number of ketones is 1. The van der Waals surface area contributed by atoms with Gasteiger partial charge < -0.3 is 4.74 Å². The van der Waals surface area contributed by atoms with Gasteiger partial charge in [-0.15, -0.1) is 0 Å². The fourth-order valence-corrected chi connectivity index (χ4v) is 2.95. The Morgan fingerprint density at radius 3 is 2.37 bits per heavy atom. The number of benzene rings is 1. The first-order chi connectivity index (χ1) is 9.09. The molecule has 104 valence electrons. The van der Waals surface area contributed by atoms with Crippen LogP contribution in [-0.4, -0.2) is 18.5 Å². The molecule has 0 atom stereocenters. The zero-order chi connectivity index (χ0) is 13.9. The number of hydrogen-bond donors (Lipinski definition) is 0. The van der Waals surface area contributed by atoms with Crippen LogP contribution in [0.3, 0.4) is 0 Å². The summed E-state index contributed by atoms with van der Waals surface area (Å²) in [4.78, 5) is 12.8. The minimum atomic E-state index is -0.709. The highest BCUT2D eigenvalue weighted by atomic mass is 19.1. The molecule has 0 aromatic heterocycles. The van der Waals surface area contributed by atoms with Crippen molar-refractivity contribution in [1.82, 2.24) is 0 Å². The number of carbonyl (C=O) groups excluding carboxylic acids is 1. The van der Waals surface area contributed by atoms with Gasteiger partial charge in [0.1, 0.15) is 11.4 Å². The molecule has 1 aromatic carbocycles. The van der Waals surface area contributed by atoms with Crippen molar-refractivity contribution in [1.29, 1.82) is 0 Å². The third-order valence-electron chi connectivity index (χ3n) is 4.15. The average Bonchev–Trinajstić information content (AvgIpc) is 2.64. The fourth-order valence-electron chi connectivity index (χ4n) is 2.95. The van der Waals surface area contributed by atoms with Crippen LogP contribution >= 0.6 is 0 Å². The van der Waals surface area contributed by atoms with E-state index in [-0.39, 0.29) is 11.6 Å². The quantitative estimate of drug-likeness (QED) is 0.608. The predicted octanol–water partition coefficient (Wildman–Crippen LogP) is 4.06. The first kappa shape index (κ1) is 14.2. The molecule has 1 fully saturated rings. The number of Topliss-reactive ketones (excluding diaryl/α,β-unsaturated/α-hetero) is 1. The number of halogens is 1. The normalized spacial score (nSPS) is 18.9. The molecule has 3 heteroatoms. The third-order valence-corrected chi connectivity index (χ3v) is 4.15. The number of hydrogen-bond acceptors (Lipinski definition) is 2. The smallest absolute Gasteiger partial charge is 0.194 e. The zero-order valence-corrected chi connectivity index (χ0v) is 11.7. The molecule has 0 radical (unpaired) electrons. The van der Waals surface area contributed by atoms with E-state index in [4.69, 9.17) is 4.74 Å². The molecule has 0 N–H and O–H groups in total. The van der Waals surface area contributed by atoms with Gasteiger partial charge in [-0.3, -0.25) is 4.79 Å². The Morgan fingerprint density at radius 1 is 1.21 bits per heavy atom. The van der Waals surface area contributed by atoms with Crippen LogP contribution in [0, 0.1) is 12.7 Å². The fraction of sp³-hybridized carbons (Fsp3) is 0.562. The lowest BCUT2D eigenvalue weighted by atomic mass is 9.84. The lowest BCUT2D eigenvalue weighted by Crippen LogP contribution is -2.40. The Hall–Kier alpha value is -1.22. The minimum Gasteiger partial charge on any atom is -0.370 e. The molecule has 0 saturated heterocycles. The van der Waals surface area contributed by atoms with Gasteiger partial charge in [0.25, 0.3) is 0 Å². The Bertz CT molecular complexity index is 460. The maximum atomic E-state index is 13.2. The Balaban J connectivity index is 2.34. The molecule has 0 unspecified atom stereocenters. The van der Waals surface area contributed by atoms with Crippen LogP contribution in [0.2, 0.25) is 0 Å². The molecule has 19 heavy (non-hydrogen) atoms. The van der Waals surface area contributed by atoms with Crippen molar-refractivity contribution < 1.29 is 13.9 Å². The van der Waals surface area contributed by atoms with Gasteiger partial charge in [0.05, 0.1) is 0 Å². The van der Waals surface area contributed by atoms with Gasteiger partial charge in [-0.1, -0.05) is 25.7 Å². The highest BCUT2D eigenvalue weighted by Crippen LogP contribution is 2.33. The van der Waals surface area contributed by atoms with Crippen LogP contribution in [0.15, 0.2) is 18.2 Å². The molecule has 1 aliphatic rings. The van der Waals surface area contributed by atoms with Gasteiger partial charge in [0.15, 0.2) is 5.78 Å². The molecule has 2 nitrogen and oxygen atoms in total. The molecule has 2 rings (SSSR count). The van der Waals surface area contributed by atoms with Crippen molar-refractivity contribution >= 4 is 5.78 Å². The highest BCUT2D eigenvalue weighted by Gasteiger charge is 2.39. The lowest BCUT2D eigenvalue weighted by Gasteiger charge is -2.30. The first-order valence-electron chi connectivity index (χ1n) is 6.95. The molecule has 0 aliphatic heterocycles. The third kappa shape index (κ3) is 2.86. The molecular weight excluding hydrogens is 243 g/mol. The summed E-state index contributed by atoms with van der Waals surface area (Å²) in [7, 11) is 1.61. The summed E-state index contributed by atoms with van der Waals surface area (Å²) in [5, 5.41) is 0. The van der Waals surface area contributed by atoms with Crippen LogP contribution in [0.25, 0.3) is 0 Å². The highest BCUT2D eigenvalue weighted by molar-refractivity contribution is 6.03. The standard InChI is InChI=1S/C16H21FO2/c1-12-11-13(17)7-8-14(12)15(18)16(19-2)9-5-3-4-6-10-16/h7-8,11H,3-6,9-10H2,1-2H3. The number of ether oxygens (including phenoxy) is 1. The SMILES string of the molecule is COC1(C(=O)c2ccc(F)cc2C)CCCCCC1. The second kappa shape index (κ2) is 5.83. The van der Waals surface area contributed by atoms with E-state index in [2.05, 4.69) is 0 Å². The second-order valence-corrected chi connectivity index (χ2v) is 5.40. The van der Waals surface area contributed by atoms with Crippen molar-refractivity contribution in [2.45, 2.75) is 51.0 Å². The van der Waals surface area contributed by atoms with Crippen molar-refractivity contribution in [3.63, 3.8) is 0 Å². The van der Waals surface area contributed by atoms with Gasteiger partial charge in [-0.2, -0.15) is 0 Å². The number of aryl methyl sites for hydroxylation is 1. The number of carbonyl (C=O) groups is 1. The monoisotopic (exact) mass is 264 g/mol. The van der Waals surface area contributed by atoms with Gasteiger partial charge in [-0.25, -0.2) is 4.39 Å². The first-order valence-corrected chi connectivity index (χ1v) is 6.95. The lowest BCUT2D eigenvalue weighted by molar-refractivity contribution is -0.00698. The van der Waals surface area contributed by atoms with Gasteiger partial charge in [0, 0.05) is 12.7 Å². The van der Waals surface area contributed by atoms with Crippen molar-refractivity contribution in [3.8, 4) is 0 Å². The zero-order valence-electron chi connectivity index (χ0n) is 11.7. The Kier molecular flexibility index (Phi) is 4.35. The maximum Gasteiger partial charge on any atom is 0.194 e. The van der Waals surface area contributed by atoms with Crippen LogP contribution in [0.4, 0.5) is 4.39 Å². The minimum absolute atomic E-state index is 0.00870. The molecule has 0 heterocycles. The molecule has 1 saturated carbocycles. The van der Waals surface area contributed by atoms with Gasteiger partial charge >= 0.3 is 0 Å². The summed E-state index contributed by atoms with van der Waals surface area (Å²) >= 11 is 0. The summed E-state index contributed by atoms with van der Waals surface area (Å²) in [6.07, 6.45) is 5.86. The summed E-state index contributed by atoms with van der Waals surface area (Å²) in [5.74, 6) is -0.296. The molecule has 0 bridgehead atoms. The van der Waals surface area contributed by atoms with E-state index in [1.165, 1.54) is 12.1 Å². The number of rotatable bonds is 3. The average molecular weight is 264 g/mol. The Labute approximate surface area is 114 Å². The van der Waals surface area contributed by atoms with Gasteiger partial charge in [0.2, 0.25) is 0 Å². The van der Waals surface area contributed by atoms with Crippen LogP contribution < -0.4 is 0 Å². The topological polar surface area (TPSA) is 26.3 Å². The van der Waals surface area contributed by atoms with Crippen molar-refractivity contribution in [3.05, 3.63) is 35.1 Å². The van der Waals surface area contributed by atoms with Crippen molar-refractivity contribution in [2.24, 2.45) is 0 Å².